The lowest BCUT2D eigenvalue weighted by atomic mass is 9.94. The smallest absolute Gasteiger partial charge is 0.172 e. The van der Waals surface area contributed by atoms with E-state index in [1.165, 1.54) is 12.1 Å². The molecule has 0 atom stereocenters. The molecule has 124 valence electrons. The standard InChI is InChI=1S/C18H14N4O3/c1-18(2)16(15(11-21)17(25-18)13(9-19)10-20)8-5-12-3-6-14(7-4-12)22(23)24/h3-8,23-24H,1-2H3/b8-5+. The van der Waals surface area contributed by atoms with Crippen LogP contribution < -0.4 is 5.23 Å². The van der Waals surface area contributed by atoms with E-state index in [0.29, 0.717) is 5.57 Å². The molecule has 0 saturated carbocycles. The number of benzene rings is 1. The Morgan fingerprint density at radius 3 is 2.16 bits per heavy atom. The van der Waals surface area contributed by atoms with Crippen LogP contribution in [0.3, 0.4) is 0 Å². The van der Waals surface area contributed by atoms with Crippen molar-refractivity contribution < 1.29 is 15.2 Å². The van der Waals surface area contributed by atoms with Crippen molar-refractivity contribution in [1.82, 2.24) is 0 Å². The van der Waals surface area contributed by atoms with E-state index in [4.69, 9.17) is 25.7 Å². The fourth-order valence-corrected chi connectivity index (χ4v) is 2.38. The Morgan fingerprint density at radius 2 is 1.68 bits per heavy atom. The Balaban J connectivity index is 2.47. The van der Waals surface area contributed by atoms with Crippen LogP contribution >= 0.6 is 0 Å². The summed E-state index contributed by atoms with van der Waals surface area (Å²) in [7, 11) is 0. The molecule has 0 bridgehead atoms. The molecule has 2 rings (SSSR count). The van der Waals surface area contributed by atoms with Gasteiger partial charge in [0.05, 0.1) is 5.69 Å². The van der Waals surface area contributed by atoms with Gasteiger partial charge in [0.1, 0.15) is 29.4 Å². The third-order valence-corrected chi connectivity index (χ3v) is 3.63. The molecule has 0 fully saturated rings. The Labute approximate surface area is 144 Å². The molecule has 1 aromatic carbocycles. The van der Waals surface area contributed by atoms with Gasteiger partial charge in [-0.2, -0.15) is 15.8 Å². The molecular weight excluding hydrogens is 320 g/mol. The van der Waals surface area contributed by atoms with Gasteiger partial charge in [0, 0.05) is 5.57 Å². The fraction of sp³-hybridized carbons (Fsp3) is 0.167. The maximum atomic E-state index is 9.44. The summed E-state index contributed by atoms with van der Waals surface area (Å²) in [4.78, 5) is 0. The van der Waals surface area contributed by atoms with Crippen molar-refractivity contribution in [3.8, 4) is 18.2 Å². The number of nitriles is 3. The predicted molar refractivity (Wildman–Crippen MR) is 87.6 cm³/mol. The molecule has 0 saturated heterocycles. The second kappa shape index (κ2) is 6.90. The molecule has 0 amide bonds. The molecule has 0 unspecified atom stereocenters. The molecule has 0 aromatic heterocycles. The van der Waals surface area contributed by atoms with Gasteiger partial charge in [-0.1, -0.05) is 24.3 Å². The third kappa shape index (κ3) is 3.52. The van der Waals surface area contributed by atoms with E-state index in [9.17, 15) is 5.26 Å². The molecule has 1 aliphatic heterocycles. The zero-order valence-electron chi connectivity index (χ0n) is 13.6. The van der Waals surface area contributed by atoms with Crippen LogP contribution in [-0.2, 0) is 4.74 Å². The molecule has 0 aliphatic carbocycles. The van der Waals surface area contributed by atoms with Crippen molar-refractivity contribution in [3.05, 3.63) is 58.4 Å². The second-order valence-corrected chi connectivity index (χ2v) is 5.65. The summed E-state index contributed by atoms with van der Waals surface area (Å²) in [6, 6.07) is 11.8. The van der Waals surface area contributed by atoms with Gasteiger partial charge in [-0.05, 0) is 31.5 Å². The average Bonchev–Trinajstić information content (AvgIpc) is 2.84. The number of ether oxygens (including phenoxy) is 1. The van der Waals surface area contributed by atoms with Crippen molar-refractivity contribution in [2.24, 2.45) is 0 Å². The molecule has 1 aromatic rings. The lowest BCUT2D eigenvalue weighted by Crippen LogP contribution is -2.20. The van der Waals surface area contributed by atoms with E-state index >= 15 is 0 Å². The summed E-state index contributed by atoms with van der Waals surface area (Å²) < 4.78 is 5.66. The number of hydrogen-bond acceptors (Lipinski definition) is 7. The first-order valence-corrected chi connectivity index (χ1v) is 7.18. The van der Waals surface area contributed by atoms with Crippen molar-refractivity contribution in [3.63, 3.8) is 0 Å². The topological polar surface area (TPSA) is 124 Å². The van der Waals surface area contributed by atoms with E-state index in [2.05, 4.69) is 0 Å². The zero-order chi connectivity index (χ0) is 18.6. The van der Waals surface area contributed by atoms with Crippen LogP contribution in [0, 0.1) is 34.0 Å². The van der Waals surface area contributed by atoms with Gasteiger partial charge in [-0.25, -0.2) is 0 Å². The minimum Gasteiger partial charge on any atom is -0.480 e. The Morgan fingerprint density at radius 1 is 1.08 bits per heavy atom. The summed E-state index contributed by atoms with van der Waals surface area (Å²) in [6.45, 7) is 3.48. The monoisotopic (exact) mass is 334 g/mol. The second-order valence-electron chi connectivity index (χ2n) is 5.65. The van der Waals surface area contributed by atoms with E-state index in [-0.39, 0.29) is 27.8 Å². The molecular formula is C18H14N4O3. The van der Waals surface area contributed by atoms with Crippen molar-refractivity contribution >= 4 is 11.8 Å². The van der Waals surface area contributed by atoms with Crippen LogP contribution in [0.4, 0.5) is 5.69 Å². The first-order chi connectivity index (χ1) is 11.8. The zero-order valence-corrected chi connectivity index (χ0v) is 13.6. The number of anilines is 1. The molecule has 2 N–H and O–H groups in total. The van der Waals surface area contributed by atoms with Crippen LogP contribution in [0.1, 0.15) is 19.4 Å². The highest BCUT2D eigenvalue weighted by Gasteiger charge is 2.38. The number of rotatable bonds is 3. The van der Waals surface area contributed by atoms with Gasteiger partial charge in [0.15, 0.2) is 11.3 Å². The van der Waals surface area contributed by atoms with Crippen molar-refractivity contribution in [2.75, 3.05) is 5.23 Å². The number of allylic oxidation sites excluding steroid dienone is 2. The highest BCUT2D eigenvalue weighted by molar-refractivity contribution is 5.64. The minimum atomic E-state index is -0.872. The molecule has 1 aliphatic rings. The lowest BCUT2D eigenvalue weighted by Gasteiger charge is -2.20. The van der Waals surface area contributed by atoms with Crippen LogP contribution in [0.5, 0.6) is 0 Å². The van der Waals surface area contributed by atoms with Gasteiger partial charge in [-0.15, -0.1) is 5.23 Å². The van der Waals surface area contributed by atoms with Gasteiger partial charge < -0.3 is 4.74 Å². The Kier molecular flexibility index (Phi) is 4.91. The Hall–Kier alpha value is -3.57. The maximum absolute atomic E-state index is 9.44. The summed E-state index contributed by atoms with van der Waals surface area (Å²) in [5.74, 6) is -0.0105. The first-order valence-electron chi connectivity index (χ1n) is 7.18. The van der Waals surface area contributed by atoms with E-state index in [1.807, 2.05) is 6.07 Å². The van der Waals surface area contributed by atoms with Gasteiger partial charge in [0.25, 0.3) is 0 Å². The van der Waals surface area contributed by atoms with Crippen LogP contribution in [0.2, 0.25) is 0 Å². The van der Waals surface area contributed by atoms with Gasteiger partial charge in [0.2, 0.25) is 0 Å². The van der Waals surface area contributed by atoms with Gasteiger partial charge in [-0.3, -0.25) is 10.4 Å². The highest BCUT2D eigenvalue weighted by Crippen LogP contribution is 2.40. The lowest BCUT2D eigenvalue weighted by molar-refractivity contribution is 0.0291. The highest BCUT2D eigenvalue weighted by atomic mass is 16.8. The Bertz CT molecular complexity index is 886. The molecule has 7 nitrogen and oxygen atoms in total. The molecule has 25 heavy (non-hydrogen) atoms. The van der Waals surface area contributed by atoms with Crippen molar-refractivity contribution in [2.45, 2.75) is 19.4 Å². The van der Waals surface area contributed by atoms with E-state index in [1.54, 1.807) is 50.3 Å². The quantitative estimate of drug-likeness (QED) is 0.642. The SMILES string of the molecule is CC1(C)OC(=C(C#N)C#N)C(C#N)=C1/C=C/c1ccc(N(O)O)cc1. The first kappa shape index (κ1) is 17.8. The number of nitrogens with zero attached hydrogens (tertiary/aromatic N) is 4. The summed E-state index contributed by atoms with van der Waals surface area (Å²) in [5.41, 5.74) is 0.531. The normalized spacial score (nSPS) is 15.3. The summed E-state index contributed by atoms with van der Waals surface area (Å²) in [6.07, 6.45) is 3.41. The van der Waals surface area contributed by atoms with Crippen LogP contribution in [-0.4, -0.2) is 16.0 Å². The van der Waals surface area contributed by atoms with Crippen molar-refractivity contribution in [1.29, 1.82) is 15.8 Å². The summed E-state index contributed by atoms with van der Waals surface area (Å²) in [5, 5.41) is 45.4. The fourth-order valence-electron chi connectivity index (χ4n) is 2.38. The average molecular weight is 334 g/mol. The largest absolute Gasteiger partial charge is 0.480 e. The van der Waals surface area contributed by atoms with E-state index in [0.717, 1.165) is 5.56 Å². The van der Waals surface area contributed by atoms with E-state index < -0.39 is 5.60 Å². The van der Waals surface area contributed by atoms with Crippen LogP contribution in [0.25, 0.3) is 6.08 Å². The number of hydrogen-bond donors (Lipinski definition) is 2. The third-order valence-electron chi connectivity index (χ3n) is 3.63. The van der Waals surface area contributed by atoms with Gasteiger partial charge >= 0.3 is 0 Å². The minimum absolute atomic E-state index is 0.0105. The summed E-state index contributed by atoms with van der Waals surface area (Å²) >= 11 is 0. The molecule has 7 heteroatoms. The predicted octanol–water partition coefficient (Wildman–Crippen LogP) is 3.21. The maximum Gasteiger partial charge on any atom is 0.172 e. The van der Waals surface area contributed by atoms with Crippen LogP contribution in [0.15, 0.2) is 52.8 Å². The molecule has 0 radical (unpaired) electrons. The molecule has 1 heterocycles. The molecule has 0 spiro atoms.